The van der Waals surface area contributed by atoms with Gasteiger partial charge in [0, 0.05) is 25.6 Å². The molecule has 4 nitrogen and oxygen atoms in total. The average Bonchev–Trinajstić information content (AvgIpc) is 3.09. The number of carbonyl (C=O) groups excluding carboxylic acids is 1. The fourth-order valence-corrected chi connectivity index (χ4v) is 3.05. The zero-order chi connectivity index (χ0) is 16.2. The van der Waals surface area contributed by atoms with E-state index in [1.165, 1.54) is 12.1 Å². The van der Waals surface area contributed by atoms with Crippen molar-refractivity contribution in [2.45, 2.75) is 25.4 Å². The van der Waals surface area contributed by atoms with Crippen LogP contribution in [-0.2, 0) is 9.47 Å². The van der Waals surface area contributed by atoms with E-state index in [1.54, 1.807) is 4.90 Å². The third-order valence-electron chi connectivity index (χ3n) is 4.50. The number of hydrogen-bond donors (Lipinski definition) is 0. The Hall–Kier alpha value is -1.53. The maximum Gasteiger partial charge on any atom is 0.256 e. The van der Waals surface area contributed by atoms with E-state index >= 15 is 0 Å². The van der Waals surface area contributed by atoms with Gasteiger partial charge in [-0.1, -0.05) is 6.07 Å². The molecule has 2 aliphatic heterocycles. The molecule has 2 heterocycles. The number of benzene rings is 1. The molecular formula is C17H21F2NO3. The molecule has 126 valence electrons. The Kier molecular flexibility index (Phi) is 5.23. The zero-order valence-electron chi connectivity index (χ0n) is 13.0. The highest BCUT2D eigenvalue weighted by molar-refractivity contribution is 5.94. The number of rotatable bonds is 4. The number of halogens is 2. The lowest BCUT2D eigenvalue weighted by molar-refractivity contribution is -0.00802. The third kappa shape index (κ3) is 3.87. The first-order valence-corrected chi connectivity index (χ1v) is 8.08. The van der Waals surface area contributed by atoms with E-state index in [0.717, 1.165) is 38.5 Å². The maximum atomic E-state index is 13.7. The summed E-state index contributed by atoms with van der Waals surface area (Å²) >= 11 is 0. The summed E-state index contributed by atoms with van der Waals surface area (Å²) in [6.07, 6.45) is 2.60. The Labute approximate surface area is 134 Å². The first-order chi connectivity index (χ1) is 11.1. The van der Waals surface area contributed by atoms with Gasteiger partial charge in [-0.05, 0) is 31.4 Å². The summed E-state index contributed by atoms with van der Waals surface area (Å²) in [5, 5.41) is 0. The van der Waals surface area contributed by atoms with Gasteiger partial charge in [0.25, 0.3) is 5.91 Å². The number of likely N-dealkylation sites (tertiary alicyclic amines) is 1. The minimum absolute atomic E-state index is 0.122. The van der Waals surface area contributed by atoms with Gasteiger partial charge in [-0.15, -0.1) is 0 Å². The lowest BCUT2D eigenvalue weighted by Crippen LogP contribution is -2.41. The number of carbonyl (C=O) groups is 1. The summed E-state index contributed by atoms with van der Waals surface area (Å²) in [5.41, 5.74) is -0.201. The highest BCUT2D eigenvalue weighted by Crippen LogP contribution is 2.21. The van der Waals surface area contributed by atoms with Gasteiger partial charge >= 0.3 is 0 Å². The van der Waals surface area contributed by atoms with E-state index in [4.69, 9.17) is 9.47 Å². The Morgan fingerprint density at radius 3 is 2.74 bits per heavy atom. The van der Waals surface area contributed by atoms with Gasteiger partial charge in [-0.3, -0.25) is 4.79 Å². The van der Waals surface area contributed by atoms with E-state index in [9.17, 15) is 13.6 Å². The van der Waals surface area contributed by atoms with Crippen molar-refractivity contribution in [2.75, 3.05) is 32.9 Å². The van der Waals surface area contributed by atoms with Crippen LogP contribution in [0.15, 0.2) is 18.2 Å². The molecule has 0 bridgehead atoms. The highest BCUT2D eigenvalue weighted by Gasteiger charge is 2.27. The minimum Gasteiger partial charge on any atom is -0.381 e. The average molecular weight is 325 g/mol. The molecule has 2 saturated heterocycles. The number of nitrogens with zero attached hydrogens (tertiary/aromatic N) is 1. The Morgan fingerprint density at radius 1 is 1.26 bits per heavy atom. The molecule has 0 N–H and O–H groups in total. The number of ether oxygens (including phenoxy) is 2. The van der Waals surface area contributed by atoms with Crippen LogP contribution in [0.3, 0.4) is 0 Å². The van der Waals surface area contributed by atoms with Gasteiger partial charge in [0.05, 0.1) is 24.9 Å². The lowest BCUT2D eigenvalue weighted by atomic mass is 10.1. The van der Waals surface area contributed by atoms with E-state index in [1.807, 2.05) is 0 Å². The third-order valence-corrected chi connectivity index (χ3v) is 4.50. The van der Waals surface area contributed by atoms with Crippen LogP contribution in [0.4, 0.5) is 8.78 Å². The first kappa shape index (κ1) is 16.3. The molecule has 2 aliphatic rings. The molecule has 1 amide bonds. The van der Waals surface area contributed by atoms with Crippen molar-refractivity contribution in [1.29, 1.82) is 0 Å². The summed E-state index contributed by atoms with van der Waals surface area (Å²) in [4.78, 5) is 13.9. The second kappa shape index (κ2) is 7.36. The fourth-order valence-electron chi connectivity index (χ4n) is 3.05. The monoisotopic (exact) mass is 325 g/mol. The Balaban J connectivity index is 1.50. The van der Waals surface area contributed by atoms with E-state index in [-0.39, 0.29) is 11.7 Å². The molecule has 6 heteroatoms. The van der Waals surface area contributed by atoms with Crippen LogP contribution in [-0.4, -0.2) is 49.8 Å². The van der Waals surface area contributed by atoms with Crippen molar-refractivity contribution in [3.63, 3.8) is 0 Å². The van der Waals surface area contributed by atoms with Crippen molar-refractivity contribution in [3.8, 4) is 0 Å². The minimum atomic E-state index is -1.07. The predicted molar refractivity (Wildman–Crippen MR) is 80.2 cm³/mol. The summed E-state index contributed by atoms with van der Waals surface area (Å²) in [6.45, 7) is 3.26. The molecular weight excluding hydrogens is 304 g/mol. The molecule has 0 radical (unpaired) electrons. The molecule has 0 unspecified atom stereocenters. The highest BCUT2D eigenvalue weighted by atomic mass is 19.2. The molecule has 1 aromatic carbocycles. The zero-order valence-corrected chi connectivity index (χ0v) is 13.0. The van der Waals surface area contributed by atoms with Crippen LogP contribution in [0.25, 0.3) is 0 Å². The van der Waals surface area contributed by atoms with E-state index in [2.05, 4.69) is 0 Å². The largest absolute Gasteiger partial charge is 0.381 e. The molecule has 0 saturated carbocycles. The van der Waals surface area contributed by atoms with Crippen LogP contribution in [0.2, 0.25) is 0 Å². The molecule has 0 spiro atoms. The topological polar surface area (TPSA) is 38.8 Å². The number of piperidine rings is 1. The molecule has 1 aromatic rings. The normalized spacial score (nSPS) is 22.5. The molecule has 0 aliphatic carbocycles. The van der Waals surface area contributed by atoms with Crippen LogP contribution in [0.1, 0.15) is 29.6 Å². The fraction of sp³-hybridized carbons (Fsp3) is 0.588. The SMILES string of the molecule is O=C(c1cccc(F)c1F)N1CCC(OC[C@@H]2CCOC2)CC1. The summed E-state index contributed by atoms with van der Waals surface area (Å²) < 4.78 is 38.2. The second-order valence-corrected chi connectivity index (χ2v) is 6.16. The molecule has 2 fully saturated rings. The van der Waals surface area contributed by atoms with Crippen molar-refractivity contribution in [2.24, 2.45) is 5.92 Å². The van der Waals surface area contributed by atoms with Crippen molar-refractivity contribution in [1.82, 2.24) is 4.90 Å². The van der Waals surface area contributed by atoms with E-state index < -0.39 is 17.5 Å². The van der Waals surface area contributed by atoms with Crippen molar-refractivity contribution >= 4 is 5.91 Å². The summed E-state index contributed by atoms with van der Waals surface area (Å²) in [5.74, 6) is -2.05. The Morgan fingerprint density at radius 2 is 2.04 bits per heavy atom. The standard InChI is InChI=1S/C17H21F2NO3/c18-15-3-1-2-14(16(15)19)17(21)20-7-4-13(5-8-20)23-11-12-6-9-22-10-12/h1-3,12-13H,4-11H2/t12-/m1/s1. The molecule has 23 heavy (non-hydrogen) atoms. The number of hydrogen-bond acceptors (Lipinski definition) is 3. The smallest absolute Gasteiger partial charge is 0.256 e. The molecule has 0 aromatic heterocycles. The predicted octanol–water partition coefficient (Wildman–Crippen LogP) is 2.62. The van der Waals surface area contributed by atoms with Gasteiger partial charge in [-0.2, -0.15) is 0 Å². The summed E-state index contributed by atoms with van der Waals surface area (Å²) in [6, 6.07) is 3.69. The molecule has 3 rings (SSSR count). The maximum absolute atomic E-state index is 13.7. The molecule has 1 atom stereocenters. The van der Waals surface area contributed by atoms with Gasteiger partial charge < -0.3 is 14.4 Å². The first-order valence-electron chi connectivity index (χ1n) is 8.08. The van der Waals surface area contributed by atoms with E-state index in [0.29, 0.717) is 25.6 Å². The van der Waals surface area contributed by atoms with Gasteiger partial charge in [0.15, 0.2) is 11.6 Å². The van der Waals surface area contributed by atoms with Crippen molar-refractivity contribution < 1.29 is 23.0 Å². The van der Waals surface area contributed by atoms with Gasteiger partial charge in [-0.25, -0.2) is 8.78 Å². The van der Waals surface area contributed by atoms with Gasteiger partial charge in [0.1, 0.15) is 0 Å². The lowest BCUT2D eigenvalue weighted by Gasteiger charge is -2.32. The Bertz CT molecular complexity index is 553. The van der Waals surface area contributed by atoms with Crippen LogP contribution in [0, 0.1) is 17.6 Å². The summed E-state index contributed by atoms with van der Waals surface area (Å²) in [7, 11) is 0. The van der Waals surface area contributed by atoms with Crippen LogP contribution < -0.4 is 0 Å². The van der Waals surface area contributed by atoms with Crippen LogP contribution in [0.5, 0.6) is 0 Å². The van der Waals surface area contributed by atoms with Crippen LogP contribution >= 0.6 is 0 Å². The second-order valence-electron chi connectivity index (χ2n) is 6.16. The number of amides is 1. The quantitative estimate of drug-likeness (QED) is 0.854. The van der Waals surface area contributed by atoms with Gasteiger partial charge in [0.2, 0.25) is 0 Å². The van der Waals surface area contributed by atoms with Crippen molar-refractivity contribution in [3.05, 3.63) is 35.4 Å².